The summed E-state index contributed by atoms with van der Waals surface area (Å²) in [6.07, 6.45) is 1.37. The highest BCUT2D eigenvalue weighted by Gasteiger charge is 2.50. The number of para-hydroxylation sites is 2. The van der Waals surface area contributed by atoms with Gasteiger partial charge in [0.2, 0.25) is 0 Å². The highest BCUT2D eigenvalue weighted by molar-refractivity contribution is 6.30. The molecule has 1 aromatic carbocycles. The van der Waals surface area contributed by atoms with Gasteiger partial charge in [-0.2, -0.15) is 4.39 Å². The number of fused-ring (bicyclic) bond motifs is 1. The van der Waals surface area contributed by atoms with Gasteiger partial charge < -0.3 is 14.8 Å². The molecule has 0 spiro atoms. The summed E-state index contributed by atoms with van der Waals surface area (Å²) in [7, 11) is 0. The standard InChI is InChI=1S/C18H16ClF3N4O2/c1-10-17(20,21)9-27-16(24-10)26-18(22)15(13-7-6-11(19)8-23-13)25-12-4-2-3-5-14(12)28-18/h2-8,10,15,25H,9H2,1H3,(H,24,26)/t10-,15?,18?/m1/s1. The molecule has 28 heavy (non-hydrogen) atoms. The zero-order chi connectivity index (χ0) is 19.9. The molecule has 2 aromatic rings. The van der Waals surface area contributed by atoms with Crippen LogP contribution in [-0.2, 0) is 4.74 Å². The molecule has 2 aliphatic rings. The van der Waals surface area contributed by atoms with Gasteiger partial charge in [-0.05, 0) is 31.2 Å². The number of pyridine rings is 1. The lowest BCUT2D eigenvalue weighted by Gasteiger charge is -2.40. The normalized spacial score (nSPS) is 28.1. The summed E-state index contributed by atoms with van der Waals surface area (Å²) in [5.41, 5.74) is 0.828. The second kappa shape index (κ2) is 6.73. The maximum Gasteiger partial charge on any atom is 0.359 e. The van der Waals surface area contributed by atoms with E-state index in [1.165, 1.54) is 19.2 Å². The van der Waals surface area contributed by atoms with Crippen molar-refractivity contribution in [2.75, 3.05) is 11.9 Å². The third-order valence-electron chi connectivity index (χ3n) is 4.46. The number of halogens is 4. The van der Waals surface area contributed by atoms with Crippen LogP contribution >= 0.6 is 11.6 Å². The molecule has 1 aromatic heterocycles. The molecule has 2 aliphatic heterocycles. The Hall–Kier alpha value is -2.68. The number of aliphatic imine (C=N–C) groups is 1. The fourth-order valence-electron chi connectivity index (χ4n) is 2.87. The smallest absolute Gasteiger partial charge is 0.359 e. The summed E-state index contributed by atoms with van der Waals surface area (Å²) >= 11 is 5.87. The monoisotopic (exact) mass is 412 g/mol. The van der Waals surface area contributed by atoms with E-state index in [1.807, 2.05) is 0 Å². The minimum atomic E-state index is -3.13. The van der Waals surface area contributed by atoms with Crippen molar-refractivity contribution in [3.63, 3.8) is 0 Å². The third kappa shape index (κ3) is 3.42. The molecule has 0 bridgehead atoms. The lowest BCUT2D eigenvalue weighted by Crippen LogP contribution is -2.59. The lowest BCUT2D eigenvalue weighted by molar-refractivity contribution is -0.114. The lowest BCUT2D eigenvalue weighted by atomic mass is 10.1. The van der Waals surface area contributed by atoms with Gasteiger partial charge in [-0.15, -0.1) is 0 Å². The van der Waals surface area contributed by atoms with Crippen LogP contribution in [0.2, 0.25) is 5.02 Å². The molecule has 4 rings (SSSR count). The molecule has 0 saturated heterocycles. The largest absolute Gasteiger partial charge is 0.459 e. The van der Waals surface area contributed by atoms with E-state index in [1.54, 1.807) is 30.3 Å². The van der Waals surface area contributed by atoms with Crippen LogP contribution in [0.15, 0.2) is 47.6 Å². The summed E-state index contributed by atoms with van der Waals surface area (Å²) < 4.78 is 53.7. The second-order valence-corrected chi connectivity index (χ2v) is 6.94. The van der Waals surface area contributed by atoms with Crippen molar-refractivity contribution in [3.8, 4) is 5.75 Å². The first-order valence-electron chi connectivity index (χ1n) is 8.48. The minimum absolute atomic E-state index is 0.234. The Labute approximate surface area is 163 Å². The Kier molecular flexibility index (Phi) is 4.49. The van der Waals surface area contributed by atoms with Crippen molar-refractivity contribution in [3.05, 3.63) is 53.3 Å². The van der Waals surface area contributed by atoms with Crippen molar-refractivity contribution < 1.29 is 22.6 Å². The Morgan fingerprint density at radius 1 is 1.21 bits per heavy atom. The summed E-state index contributed by atoms with van der Waals surface area (Å²) in [5, 5.41) is 5.77. The van der Waals surface area contributed by atoms with Crippen molar-refractivity contribution >= 4 is 23.3 Å². The van der Waals surface area contributed by atoms with E-state index >= 15 is 4.39 Å². The van der Waals surface area contributed by atoms with Gasteiger partial charge in [0, 0.05) is 6.20 Å². The SMILES string of the molecule is C[C@H]1N=C(NC2(F)Oc3ccccc3NC2c2ccc(Cl)cn2)OCC1(F)F. The molecule has 2 unspecified atom stereocenters. The zero-order valence-electron chi connectivity index (χ0n) is 14.6. The highest BCUT2D eigenvalue weighted by Crippen LogP contribution is 2.42. The van der Waals surface area contributed by atoms with Gasteiger partial charge in [0.25, 0.3) is 6.02 Å². The molecule has 148 valence electrons. The number of amidine groups is 1. The number of aromatic nitrogens is 1. The Balaban J connectivity index is 1.69. The van der Waals surface area contributed by atoms with E-state index in [4.69, 9.17) is 21.1 Å². The van der Waals surface area contributed by atoms with Gasteiger partial charge in [-0.25, -0.2) is 13.8 Å². The number of nitrogens with zero attached hydrogens (tertiary/aromatic N) is 2. The summed E-state index contributed by atoms with van der Waals surface area (Å²) in [4.78, 5) is 7.86. The summed E-state index contributed by atoms with van der Waals surface area (Å²) in [6, 6.07) is 6.95. The van der Waals surface area contributed by atoms with Crippen LogP contribution in [0.1, 0.15) is 18.7 Å². The molecule has 3 atom stereocenters. The molecule has 2 N–H and O–H groups in total. The van der Waals surface area contributed by atoms with E-state index in [2.05, 4.69) is 20.6 Å². The molecule has 0 saturated carbocycles. The zero-order valence-corrected chi connectivity index (χ0v) is 15.4. The average Bonchev–Trinajstić information content (AvgIpc) is 2.65. The molecule has 6 nitrogen and oxygen atoms in total. The molecular weight excluding hydrogens is 397 g/mol. The number of anilines is 1. The Morgan fingerprint density at radius 3 is 2.71 bits per heavy atom. The van der Waals surface area contributed by atoms with Crippen LogP contribution in [0.5, 0.6) is 5.75 Å². The van der Waals surface area contributed by atoms with Crippen LogP contribution in [0.3, 0.4) is 0 Å². The molecule has 0 radical (unpaired) electrons. The molecule has 3 heterocycles. The maximum absolute atomic E-state index is 16.0. The number of alkyl halides is 3. The first-order chi connectivity index (χ1) is 13.3. The molecule has 0 fully saturated rings. The molecular formula is C18H16ClF3N4O2. The Bertz CT molecular complexity index is 912. The predicted octanol–water partition coefficient (Wildman–Crippen LogP) is 3.90. The number of rotatable bonds is 2. The average molecular weight is 413 g/mol. The Morgan fingerprint density at radius 2 is 2.00 bits per heavy atom. The molecule has 0 aliphatic carbocycles. The van der Waals surface area contributed by atoms with Crippen molar-refractivity contribution in [2.45, 2.75) is 30.9 Å². The van der Waals surface area contributed by atoms with Crippen molar-refractivity contribution in [2.24, 2.45) is 4.99 Å². The van der Waals surface area contributed by atoms with Gasteiger partial charge in [0.1, 0.15) is 11.8 Å². The second-order valence-electron chi connectivity index (χ2n) is 6.51. The van der Waals surface area contributed by atoms with Crippen molar-refractivity contribution in [1.82, 2.24) is 10.3 Å². The molecule has 10 heteroatoms. The topological polar surface area (TPSA) is 67.8 Å². The number of ether oxygens (including phenoxy) is 2. The van der Waals surface area contributed by atoms with Gasteiger partial charge >= 0.3 is 11.9 Å². The first-order valence-corrected chi connectivity index (χ1v) is 8.86. The maximum atomic E-state index is 16.0. The van der Waals surface area contributed by atoms with Gasteiger partial charge in [-0.3, -0.25) is 10.3 Å². The van der Waals surface area contributed by atoms with Crippen LogP contribution < -0.4 is 15.4 Å². The quantitative estimate of drug-likeness (QED) is 0.732. The van der Waals surface area contributed by atoms with E-state index < -0.39 is 30.6 Å². The van der Waals surface area contributed by atoms with E-state index in [0.717, 1.165) is 0 Å². The van der Waals surface area contributed by atoms with Crippen molar-refractivity contribution in [1.29, 1.82) is 0 Å². The van der Waals surface area contributed by atoms with Gasteiger partial charge in [-0.1, -0.05) is 23.7 Å². The van der Waals surface area contributed by atoms with E-state index in [-0.39, 0.29) is 17.5 Å². The van der Waals surface area contributed by atoms with Crippen LogP contribution in [0.4, 0.5) is 18.9 Å². The van der Waals surface area contributed by atoms with E-state index in [0.29, 0.717) is 10.7 Å². The van der Waals surface area contributed by atoms with Crippen LogP contribution in [0.25, 0.3) is 0 Å². The van der Waals surface area contributed by atoms with Gasteiger partial charge in [0.15, 0.2) is 12.6 Å². The number of hydrogen-bond donors (Lipinski definition) is 2. The first kappa shape index (κ1) is 18.7. The summed E-state index contributed by atoms with van der Waals surface area (Å²) in [5.74, 6) is -5.51. The fourth-order valence-corrected chi connectivity index (χ4v) is 2.98. The van der Waals surface area contributed by atoms with Crippen LogP contribution in [-0.4, -0.2) is 35.6 Å². The number of benzene rings is 1. The van der Waals surface area contributed by atoms with Gasteiger partial charge in [0.05, 0.1) is 16.4 Å². The molecule has 0 amide bonds. The third-order valence-corrected chi connectivity index (χ3v) is 4.69. The number of nitrogens with one attached hydrogen (secondary N) is 2. The fraction of sp³-hybridized carbons (Fsp3) is 0.333. The number of hydrogen-bond acceptors (Lipinski definition) is 6. The summed E-state index contributed by atoms with van der Waals surface area (Å²) in [6.45, 7) is 0.312. The van der Waals surface area contributed by atoms with E-state index in [9.17, 15) is 8.78 Å². The highest BCUT2D eigenvalue weighted by atomic mass is 35.5. The minimum Gasteiger partial charge on any atom is -0.459 e. The predicted molar refractivity (Wildman–Crippen MR) is 97.5 cm³/mol. The van der Waals surface area contributed by atoms with Crippen LogP contribution in [0, 0.1) is 0 Å².